The maximum Gasteiger partial charge on any atom is 0.410 e. The molecular formula is C24H34N2O6. The van der Waals surface area contributed by atoms with Crippen LogP contribution in [0.4, 0.5) is 4.79 Å². The fourth-order valence-corrected chi connectivity index (χ4v) is 4.21. The summed E-state index contributed by atoms with van der Waals surface area (Å²) in [5.74, 6) is 1.41. The van der Waals surface area contributed by atoms with E-state index in [9.17, 15) is 9.90 Å². The average Bonchev–Trinajstić information content (AvgIpc) is 3.15. The second kappa shape index (κ2) is 9.17. The molecule has 0 radical (unpaired) electrons. The van der Waals surface area contributed by atoms with Gasteiger partial charge in [0, 0.05) is 18.5 Å². The van der Waals surface area contributed by atoms with Crippen molar-refractivity contribution in [2.75, 3.05) is 32.9 Å². The Labute approximate surface area is 188 Å². The first-order valence-electron chi connectivity index (χ1n) is 11.5. The van der Waals surface area contributed by atoms with Crippen LogP contribution in [-0.2, 0) is 4.74 Å². The molecule has 0 atom stereocenters. The normalized spacial score (nSPS) is 18.9. The highest BCUT2D eigenvalue weighted by molar-refractivity contribution is 5.88. The number of likely N-dealkylation sites (tertiary alicyclic amines) is 1. The number of aromatic nitrogens is 1. The van der Waals surface area contributed by atoms with Gasteiger partial charge in [0.05, 0.1) is 19.8 Å². The number of carbonyl (C=O) groups is 1. The molecule has 1 aliphatic heterocycles. The lowest BCUT2D eigenvalue weighted by atomic mass is 9.70. The number of aliphatic hydroxyl groups excluding tert-OH is 1. The summed E-state index contributed by atoms with van der Waals surface area (Å²) >= 11 is 0. The summed E-state index contributed by atoms with van der Waals surface area (Å²) < 4.78 is 23.0. The minimum absolute atomic E-state index is 0.136. The van der Waals surface area contributed by atoms with Crippen molar-refractivity contribution < 1.29 is 28.6 Å². The van der Waals surface area contributed by atoms with E-state index in [1.54, 1.807) is 4.90 Å². The minimum Gasteiger partial charge on any atom is -0.492 e. The number of hydrogen-bond acceptors (Lipinski definition) is 7. The molecule has 1 aliphatic carbocycles. The van der Waals surface area contributed by atoms with Crippen molar-refractivity contribution in [1.82, 2.24) is 10.1 Å². The zero-order valence-electron chi connectivity index (χ0n) is 19.3. The van der Waals surface area contributed by atoms with Gasteiger partial charge in [0.15, 0.2) is 5.58 Å². The zero-order valence-corrected chi connectivity index (χ0v) is 19.3. The molecule has 176 valence electrons. The fourth-order valence-electron chi connectivity index (χ4n) is 4.21. The summed E-state index contributed by atoms with van der Waals surface area (Å²) in [4.78, 5) is 14.0. The number of hydrogen-bond donors (Lipinski definition) is 1. The van der Waals surface area contributed by atoms with E-state index < -0.39 is 5.60 Å². The molecule has 32 heavy (non-hydrogen) atoms. The number of piperidine rings is 1. The Morgan fingerprint density at radius 1 is 1.25 bits per heavy atom. The van der Waals surface area contributed by atoms with Gasteiger partial charge in [0.2, 0.25) is 0 Å². The van der Waals surface area contributed by atoms with Crippen molar-refractivity contribution in [1.29, 1.82) is 0 Å². The third kappa shape index (κ3) is 5.11. The first kappa shape index (κ1) is 22.7. The highest BCUT2D eigenvalue weighted by Gasteiger charge is 2.37. The van der Waals surface area contributed by atoms with E-state index in [0.29, 0.717) is 49.4 Å². The zero-order chi connectivity index (χ0) is 22.8. The smallest absolute Gasteiger partial charge is 0.410 e. The molecule has 2 aliphatic rings. The molecule has 2 aromatic rings. The molecule has 2 heterocycles. The molecule has 1 aromatic heterocycles. The molecule has 1 N–H and O–H groups in total. The van der Waals surface area contributed by atoms with E-state index in [-0.39, 0.29) is 18.1 Å². The summed E-state index contributed by atoms with van der Waals surface area (Å²) in [6, 6.07) is 5.59. The van der Waals surface area contributed by atoms with Crippen LogP contribution >= 0.6 is 0 Å². The topological polar surface area (TPSA) is 94.3 Å². The molecule has 8 nitrogen and oxygen atoms in total. The van der Waals surface area contributed by atoms with E-state index in [0.717, 1.165) is 37.5 Å². The monoisotopic (exact) mass is 446 g/mol. The number of benzene rings is 1. The van der Waals surface area contributed by atoms with Gasteiger partial charge in [0.1, 0.15) is 16.7 Å². The molecule has 0 unspecified atom stereocenters. The summed E-state index contributed by atoms with van der Waals surface area (Å²) in [5, 5.41) is 14.6. The number of amides is 1. The van der Waals surface area contributed by atoms with Crippen LogP contribution in [-0.4, -0.2) is 59.8 Å². The van der Waals surface area contributed by atoms with Gasteiger partial charge in [-0.05, 0) is 69.7 Å². The van der Waals surface area contributed by atoms with Crippen LogP contribution in [0.2, 0.25) is 0 Å². The second-order valence-electron chi connectivity index (χ2n) is 10.1. The predicted molar refractivity (Wildman–Crippen MR) is 119 cm³/mol. The number of aliphatic hydroxyl groups is 1. The minimum atomic E-state index is -0.486. The van der Waals surface area contributed by atoms with Crippen LogP contribution in [0.25, 0.3) is 11.0 Å². The van der Waals surface area contributed by atoms with Crippen molar-refractivity contribution in [2.45, 2.75) is 58.5 Å². The third-order valence-corrected chi connectivity index (χ3v) is 6.43. The van der Waals surface area contributed by atoms with E-state index in [2.05, 4.69) is 5.16 Å². The van der Waals surface area contributed by atoms with Crippen LogP contribution in [0.5, 0.6) is 11.6 Å². The molecule has 1 amide bonds. The lowest BCUT2D eigenvalue weighted by Crippen LogP contribution is -2.42. The number of fused-ring (bicyclic) bond motifs is 1. The second-order valence-corrected chi connectivity index (χ2v) is 10.1. The molecule has 2 fully saturated rings. The summed E-state index contributed by atoms with van der Waals surface area (Å²) in [7, 11) is 0. The van der Waals surface area contributed by atoms with Crippen LogP contribution in [0.1, 0.15) is 52.9 Å². The maximum absolute atomic E-state index is 12.2. The van der Waals surface area contributed by atoms with Gasteiger partial charge in [-0.15, -0.1) is 0 Å². The average molecular weight is 447 g/mol. The molecule has 4 rings (SSSR count). The van der Waals surface area contributed by atoms with Gasteiger partial charge in [-0.1, -0.05) is 12.5 Å². The molecule has 1 saturated heterocycles. The lowest BCUT2D eigenvalue weighted by molar-refractivity contribution is 0.000490. The first-order chi connectivity index (χ1) is 15.3. The Kier molecular flexibility index (Phi) is 6.51. The van der Waals surface area contributed by atoms with E-state index in [1.807, 2.05) is 39.0 Å². The molecule has 1 aromatic carbocycles. The quantitative estimate of drug-likeness (QED) is 0.674. The van der Waals surface area contributed by atoms with Gasteiger partial charge in [-0.3, -0.25) is 0 Å². The SMILES string of the molecule is CC(C)(C)OC(=O)N1CCC(COc2noc3cccc(OCC4(CO)CCC4)c23)CC1. The standard InChI is InChI=1S/C24H34N2O6/c1-23(2,3)31-22(28)26-12-8-17(9-13-26)14-29-21-20-18(6-4-7-19(20)32-25-21)30-16-24(15-27)10-5-11-24/h4,6-7,17,27H,5,8-16H2,1-3H3. The molecular weight excluding hydrogens is 412 g/mol. The Morgan fingerprint density at radius 3 is 2.62 bits per heavy atom. The van der Waals surface area contributed by atoms with Crippen molar-refractivity contribution >= 4 is 17.1 Å². The summed E-state index contributed by atoms with van der Waals surface area (Å²) in [5.41, 5.74) is -0.00755. The highest BCUT2D eigenvalue weighted by atomic mass is 16.6. The maximum atomic E-state index is 12.2. The van der Waals surface area contributed by atoms with E-state index in [1.165, 1.54) is 0 Å². The van der Waals surface area contributed by atoms with Crippen LogP contribution in [0.3, 0.4) is 0 Å². The number of nitrogens with zero attached hydrogens (tertiary/aromatic N) is 2. The first-order valence-corrected chi connectivity index (χ1v) is 11.5. The van der Waals surface area contributed by atoms with Gasteiger partial charge < -0.3 is 28.7 Å². The Bertz CT molecular complexity index is 917. The number of carbonyl (C=O) groups excluding carboxylic acids is 1. The Balaban J connectivity index is 1.34. The number of ether oxygens (including phenoxy) is 3. The molecule has 0 bridgehead atoms. The summed E-state index contributed by atoms with van der Waals surface area (Å²) in [6.07, 6.45) is 4.52. The molecule has 0 spiro atoms. The van der Waals surface area contributed by atoms with Crippen LogP contribution < -0.4 is 9.47 Å². The third-order valence-electron chi connectivity index (χ3n) is 6.43. The van der Waals surface area contributed by atoms with Crippen LogP contribution in [0.15, 0.2) is 22.7 Å². The number of rotatable bonds is 7. The highest BCUT2D eigenvalue weighted by Crippen LogP contribution is 2.42. The van der Waals surface area contributed by atoms with E-state index in [4.69, 9.17) is 18.7 Å². The molecule has 1 saturated carbocycles. The van der Waals surface area contributed by atoms with Crippen LogP contribution in [0, 0.1) is 11.3 Å². The molecule has 8 heteroatoms. The Morgan fingerprint density at radius 2 is 2.00 bits per heavy atom. The summed E-state index contributed by atoms with van der Waals surface area (Å²) in [6.45, 7) is 8.04. The van der Waals surface area contributed by atoms with Gasteiger partial charge in [-0.25, -0.2) is 4.79 Å². The van der Waals surface area contributed by atoms with Gasteiger partial charge in [0.25, 0.3) is 5.88 Å². The Hall–Kier alpha value is -2.48. The van der Waals surface area contributed by atoms with Crippen molar-refractivity contribution in [3.05, 3.63) is 18.2 Å². The van der Waals surface area contributed by atoms with Crippen molar-refractivity contribution in [3.63, 3.8) is 0 Å². The fraction of sp³-hybridized carbons (Fsp3) is 0.667. The van der Waals surface area contributed by atoms with Crippen molar-refractivity contribution in [3.8, 4) is 11.6 Å². The van der Waals surface area contributed by atoms with Gasteiger partial charge in [-0.2, -0.15) is 0 Å². The van der Waals surface area contributed by atoms with Gasteiger partial charge >= 0.3 is 6.09 Å². The van der Waals surface area contributed by atoms with E-state index >= 15 is 0 Å². The lowest BCUT2D eigenvalue weighted by Gasteiger charge is -2.39. The largest absolute Gasteiger partial charge is 0.492 e. The van der Waals surface area contributed by atoms with Crippen molar-refractivity contribution in [2.24, 2.45) is 11.3 Å². The predicted octanol–water partition coefficient (Wildman–Crippen LogP) is 4.40.